The lowest BCUT2D eigenvalue weighted by Crippen LogP contribution is -2.37. The van der Waals surface area contributed by atoms with Gasteiger partial charge in [0.05, 0.1) is 12.1 Å². The molecule has 1 aromatic rings. The Hall–Kier alpha value is -0.940. The van der Waals surface area contributed by atoms with Crippen LogP contribution in [-0.2, 0) is 17.7 Å². The van der Waals surface area contributed by atoms with E-state index in [2.05, 4.69) is 27.0 Å². The zero-order valence-corrected chi connectivity index (χ0v) is 11.9. The van der Waals surface area contributed by atoms with Crippen LogP contribution in [0, 0.1) is 0 Å². The smallest absolute Gasteiger partial charge is 0.149 e. The minimum atomic E-state index is 0.295. The molecule has 3 rings (SSSR count). The molecule has 0 amide bonds. The molecule has 1 N–H and O–H groups in total. The van der Waals surface area contributed by atoms with Crippen LogP contribution < -0.4 is 5.32 Å². The van der Waals surface area contributed by atoms with E-state index < -0.39 is 0 Å². The van der Waals surface area contributed by atoms with Gasteiger partial charge in [0, 0.05) is 26.1 Å². The number of hydrogen-bond acceptors (Lipinski definition) is 4. The molecule has 1 unspecified atom stereocenters. The Morgan fingerprint density at radius 2 is 2.05 bits per heavy atom. The summed E-state index contributed by atoms with van der Waals surface area (Å²) in [6.45, 7) is 3.29. The Morgan fingerprint density at radius 3 is 2.79 bits per heavy atom. The van der Waals surface area contributed by atoms with Crippen LogP contribution in [0.3, 0.4) is 0 Å². The summed E-state index contributed by atoms with van der Waals surface area (Å²) in [5.41, 5.74) is 0. The standard InChI is InChI=1S/C14H24N4O/c1-10(14-17-16-13-4-3-9-18(13)14)15-11-5-7-12(19-2)8-6-11/h10-12,15H,3-9H2,1-2H3. The van der Waals surface area contributed by atoms with Gasteiger partial charge >= 0.3 is 0 Å². The molecule has 1 fully saturated rings. The first-order valence-corrected chi connectivity index (χ1v) is 7.48. The molecule has 0 radical (unpaired) electrons. The van der Waals surface area contributed by atoms with E-state index in [1.807, 2.05) is 7.11 Å². The third kappa shape index (κ3) is 2.67. The van der Waals surface area contributed by atoms with E-state index in [0.29, 0.717) is 18.2 Å². The summed E-state index contributed by atoms with van der Waals surface area (Å²) in [7, 11) is 1.82. The van der Waals surface area contributed by atoms with Gasteiger partial charge < -0.3 is 14.6 Å². The largest absolute Gasteiger partial charge is 0.381 e. The maximum atomic E-state index is 5.42. The average molecular weight is 264 g/mol. The zero-order valence-electron chi connectivity index (χ0n) is 11.9. The van der Waals surface area contributed by atoms with Crippen molar-refractivity contribution >= 4 is 0 Å². The number of aromatic nitrogens is 3. The van der Waals surface area contributed by atoms with Crippen molar-refractivity contribution in [1.29, 1.82) is 0 Å². The molecule has 1 saturated carbocycles. The monoisotopic (exact) mass is 264 g/mol. The van der Waals surface area contributed by atoms with Gasteiger partial charge in [-0.3, -0.25) is 0 Å². The van der Waals surface area contributed by atoms with Crippen LogP contribution in [-0.4, -0.2) is 34.0 Å². The molecule has 0 aromatic carbocycles. The molecule has 106 valence electrons. The molecule has 19 heavy (non-hydrogen) atoms. The highest BCUT2D eigenvalue weighted by atomic mass is 16.5. The molecule has 0 spiro atoms. The molecule has 5 nitrogen and oxygen atoms in total. The van der Waals surface area contributed by atoms with Gasteiger partial charge in [0.1, 0.15) is 11.6 Å². The Morgan fingerprint density at radius 1 is 1.26 bits per heavy atom. The second-order valence-electron chi connectivity index (χ2n) is 5.83. The summed E-state index contributed by atoms with van der Waals surface area (Å²) >= 11 is 0. The maximum Gasteiger partial charge on any atom is 0.149 e. The van der Waals surface area contributed by atoms with E-state index in [1.165, 1.54) is 32.1 Å². The van der Waals surface area contributed by atoms with Gasteiger partial charge in [0.2, 0.25) is 0 Å². The van der Waals surface area contributed by atoms with Crippen molar-refractivity contribution in [2.24, 2.45) is 0 Å². The Bertz CT molecular complexity index is 423. The Kier molecular flexibility index (Phi) is 3.84. The number of hydrogen-bond donors (Lipinski definition) is 1. The van der Waals surface area contributed by atoms with Crippen LogP contribution in [0.2, 0.25) is 0 Å². The number of fused-ring (bicyclic) bond motifs is 1. The van der Waals surface area contributed by atoms with Crippen LogP contribution in [0.5, 0.6) is 0 Å². The molecule has 0 saturated heterocycles. The summed E-state index contributed by atoms with van der Waals surface area (Å²) in [6, 6.07) is 0.888. The van der Waals surface area contributed by atoms with Crippen LogP contribution in [0.4, 0.5) is 0 Å². The fourth-order valence-electron chi connectivity index (χ4n) is 3.39. The van der Waals surface area contributed by atoms with Gasteiger partial charge in [-0.25, -0.2) is 0 Å². The number of nitrogens with zero attached hydrogens (tertiary/aromatic N) is 3. The minimum absolute atomic E-state index is 0.295. The lowest BCUT2D eigenvalue weighted by Gasteiger charge is -2.30. The van der Waals surface area contributed by atoms with Gasteiger partial charge in [-0.2, -0.15) is 0 Å². The number of rotatable bonds is 4. The first kappa shape index (κ1) is 13.1. The number of methoxy groups -OCH3 is 1. The van der Waals surface area contributed by atoms with Gasteiger partial charge in [0.15, 0.2) is 0 Å². The van der Waals surface area contributed by atoms with Crippen molar-refractivity contribution in [1.82, 2.24) is 20.1 Å². The molecule has 1 aliphatic heterocycles. The summed E-state index contributed by atoms with van der Waals surface area (Å²) in [5.74, 6) is 2.27. The van der Waals surface area contributed by atoms with Gasteiger partial charge in [0.25, 0.3) is 0 Å². The van der Waals surface area contributed by atoms with Crippen molar-refractivity contribution in [2.45, 2.75) is 70.2 Å². The lowest BCUT2D eigenvalue weighted by molar-refractivity contribution is 0.0612. The topological polar surface area (TPSA) is 52.0 Å². The molecule has 1 atom stereocenters. The van der Waals surface area contributed by atoms with Crippen molar-refractivity contribution < 1.29 is 4.74 Å². The van der Waals surface area contributed by atoms with E-state index >= 15 is 0 Å². The van der Waals surface area contributed by atoms with Crippen LogP contribution in [0.15, 0.2) is 0 Å². The average Bonchev–Trinajstić information content (AvgIpc) is 3.01. The lowest BCUT2D eigenvalue weighted by atomic mass is 9.92. The quantitative estimate of drug-likeness (QED) is 0.901. The molecular weight excluding hydrogens is 240 g/mol. The van der Waals surface area contributed by atoms with Crippen molar-refractivity contribution in [3.8, 4) is 0 Å². The predicted octanol–water partition coefficient (Wildman–Crippen LogP) is 1.83. The van der Waals surface area contributed by atoms with Gasteiger partial charge in [-0.15, -0.1) is 10.2 Å². The molecule has 2 aliphatic rings. The predicted molar refractivity (Wildman–Crippen MR) is 72.9 cm³/mol. The first-order chi connectivity index (χ1) is 9.28. The summed E-state index contributed by atoms with van der Waals surface area (Å²) in [6.07, 6.45) is 7.48. The minimum Gasteiger partial charge on any atom is -0.381 e. The van der Waals surface area contributed by atoms with Crippen molar-refractivity contribution in [3.05, 3.63) is 11.6 Å². The molecular formula is C14H24N4O. The summed E-state index contributed by atoms with van der Waals surface area (Å²) in [5, 5.41) is 12.4. The fourth-order valence-corrected chi connectivity index (χ4v) is 3.39. The van der Waals surface area contributed by atoms with Gasteiger partial charge in [-0.05, 0) is 39.0 Å². The van der Waals surface area contributed by atoms with Crippen LogP contribution >= 0.6 is 0 Å². The van der Waals surface area contributed by atoms with Crippen molar-refractivity contribution in [2.75, 3.05) is 7.11 Å². The highest BCUT2D eigenvalue weighted by Gasteiger charge is 2.25. The summed E-state index contributed by atoms with van der Waals surface area (Å²) < 4.78 is 7.71. The second-order valence-corrected chi connectivity index (χ2v) is 5.83. The van der Waals surface area contributed by atoms with Crippen LogP contribution in [0.25, 0.3) is 0 Å². The number of nitrogens with one attached hydrogen (secondary N) is 1. The number of aryl methyl sites for hydroxylation is 1. The maximum absolute atomic E-state index is 5.42. The molecule has 0 bridgehead atoms. The fraction of sp³-hybridized carbons (Fsp3) is 0.857. The van der Waals surface area contributed by atoms with Crippen LogP contribution in [0.1, 0.15) is 56.7 Å². The second kappa shape index (κ2) is 5.59. The third-order valence-electron chi connectivity index (χ3n) is 4.52. The van der Waals surface area contributed by atoms with E-state index in [1.54, 1.807) is 0 Å². The molecule has 2 heterocycles. The number of ether oxygens (including phenoxy) is 1. The van der Waals surface area contributed by atoms with E-state index in [-0.39, 0.29) is 0 Å². The van der Waals surface area contributed by atoms with E-state index in [4.69, 9.17) is 4.74 Å². The normalized spacial score (nSPS) is 28.3. The van der Waals surface area contributed by atoms with E-state index in [9.17, 15) is 0 Å². The van der Waals surface area contributed by atoms with Gasteiger partial charge in [-0.1, -0.05) is 0 Å². The third-order valence-corrected chi connectivity index (χ3v) is 4.52. The van der Waals surface area contributed by atoms with Crippen molar-refractivity contribution in [3.63, 3.8) is 0 Å². The highest BCUT2D eigenvalue weighted by molar-refractivity contribution is 5.04. The highest BCUT2D eigenvalue weighted by Crippen LogP contribution is 2.24. The Labute approximate surface area is 114 Å². The zero-order chi connectivity index (χ0) is 13.2. The first-order valence-electron chi connectivity index (χ1n) is 7.48. The molecule has 1 aliphatic carbocycles. The van der Waals surface area contributed by atoms with E-state index in [0.717, 1.165) is 24.6 Å². The molecule has 5 heteroatoms. The molecule has 1 aromatic heterocycles. The summed E-state index contributed by atoms with van der Waals surface area (Å²) in [4.78, 5) is 0. The SMILES string of the molecule is COC1CCC(NC(C)c2nnc3n2CCC3)CC1. The Balaban J connectivity index is 1.58.